The Labute approximate surface area is 48.1 Å². The Bertz CT molecular complexity index is 114. The molecule has 0 radical (unpaired) electrons. The summed E-state index contributed by atoms with van der Waals surface area (Å²) < 4.78 is 4.86. The minimum atomic E-state index is 0.299. The van der Waals surface area contributed by atoms with Gasteiger partial charge in [0.1, 0.15) is 6.29 Å². The van der Waals surface area contributed by atoms with Crippen molar-refractivity contribution in [3.63, 3.8) is 0 Å². The van der Waals surface area contributed by atoms with Crippen molar-refractivity contribution in [2.24, 2.45) is 0 Å². The number of hydrogen-bond acceptors (Lipinski definition) is 2. The Hall–Kier alpha value is -0.630. The molecule has 0 aromatic heterocycles. The molecule has 0 aromatic carbocycles. The zero-order valence-corrected chi connectivity index (χ0v) is 4.59. The summed E-state index contributed by atoms with van der Waals surface area (Å²) in [7, 11) is 0. The third kappa shape index (κ3) is 1.46. The molecule has 0 spiro atoms. The molecular weight excluding hydrogens is 104 g/mol. The monoisotopic (exact) mass is 112 g/mol. The van der Waals surface area contributed by atoms with Gasteiger partial charge < -0.3 is 4.74 Å². The van der Waals surface area contributed by atoms with Gasteiger partial charge in [-0.3, -0.25) is 4.79 Å². The fourth-order valence-electron chi connectivity index (χ4n) is 0.526. The average Bonchev–Trinajstić information content (AvgIpc) is 2.50. The molecule has 1 fully saturated rings. The minimum Gasteiger partial charge on any atom is -0.373 e. The lowest BCUT2D eigenvalue weighted by Crippen LogP contribution is -1.88. The van der Waals surface area contributed by atoms with Gasteiger partial charge >= 0.3 is 0 Å². The highest BCUT2D eigenvalue weighted by Gasteiger charge is 2.22. The second-order valence-electron chi connectivity index (χ2n) is 1.94. The second-order valence-corrected chi connectivity index (χ2v) is 1.94. The van der Waals surface area contributed by atoms with Crippen molar-refractivity contribution in [2.75, 3.05) is 6.61 Å². The maximum absolute atomic E-state index is 9.91. The molecule has 0 aromatic rings. The summed E-state index contributed by atoms with van der Waals surface area (Å²) in [6.45, 7) is 4.30. The SMILES string of the molecule is C=C(C=O)CC1CO1. The van der Waals surface area contributed by atoms with Crippen LogP contribution in [0.3, 0.4) is 0 Å². The van der Waals surface area contributed by atoms with Crippen LogP contribution < -0.4 is 0 Å². The largest absolute Gasteiger partial charge is 0.373 e. The van der Waals surface area contributed by atoms with Gasteiger partial charge in [0.15, 0.2) is 0 Å². The molecule has 44 valence electrons. The second kappa shape index (κ2) is 2.09. The van der Waals surface area contributed by atoms with Gasteiger partial charge in [0.25, 0.3) is 0 Å². The topological polar surface area (TPSA) is 29.6 Å². The lowest BCUT2D eigenvalue weighted by molar-refractivity contribution is -0.105. The van der Waals surface area contributed by atoms with Crippen LogP contribution in [0.15, 0.2) is 12.2 Å². The molecule has 0 aliphatic carbocycles. The van der Waals surface area contributed by atoms with E-state index in [-0.39, 0.29) is 0 Å². The molecule has 0 N–H and O–H groups in total. The normalized spacial score (nSPS) is 24.8. The first-order chi connectivity index (χ1) is 3.83. The van der Waals surface area contributed by atoms with Crippen molar-refractivity contribution in [1.29, 1.82) is 0 Å². The molecule has 1 atom stereocenters. The van der Waals surface area contributed by atoms with Gasteiger partial charge in [-0.2, -0.15) is 0 Å². The van der Waals surface area contributed by atoms with Crippen LogP contribution in [-0.2, 0) is 9.53 Å². The molecule has 0 amide bonds. The Kier molecular flexibility index (Phi) is 1.44. The standard InChI is InChI=1S/C6H8O2/c1-5(3-7)2-6-4-8-6/h3,6H,1-2,4H2. The molecule has 2 heteroatoms. The molecule has 1 saturated heterocycles. The summed E-state index contributed by atoms with van der Waals surface area (Å²) >= 11 is 0. The first-order valence-corrected chi connectivity index (χ1v) is 2.57. The van der Waals surface area contributed by atoms with Crippen molar-refractivity contribution < 1.29 is 9.53 Å². The minimum absolute atomic E-state index is 0.299. The zero-order valence-electron chi connectivity index (χ0n) is 4.59. The van der Waals surface area contributed by atoms with E-state index in [9.17, 15) is 4.79 Å². The van der Waals surface area contributed by atoms with E-state index in [0.717, 1.165) is 12.9 Å². The van der Waals surface area contributed by atoms with E-state index in [0.29, 0.717) is 18.1 Å². The van der Waals surface area contributed by atoms with Crippen LogP contribution in [0.4, 0.5) is 0 Å². The van der Waals surface area contributed by atoms with Crippen LogP contribution in [0.1, 0.15) is 6.42 Å². The summed E-state index contributed by atoms with van der Waals surface area (Å²) in [6, 6.07) is 0. The maximum Gasteiger partial charge on any atom is 0.145 e. The predicted octanol–water partition coefficient (Wildman–Crippen LogP) is 0.530. The lowest BCUT2D eigenvalue weighted by atomic mass is 10.2. The van der Waals surface area contributed by atoms with Gasteiger partial charge in [-0.05, 0) is 5.57 Å². The van der Waals surface area contributed by atoms with Gasteiger partial charge in [-0.1, -0.05) is 6.58 Å². The summed E-state index contributed by atoms with van der Waals surface area (Å²) in [5.41, 5.74) is 0.632. The van der Waals surface area contributed by atoms with Gasteiger partial charge in [0, 0.05) is 6.42 Å². The van der Waals surface area contributed by atoms with Gasteiger partial charge in [0.05, 0.1) is 12.7 Å². The maximum atomic E-state index is 9.91. The molecule has 0 bridgehead atoms. The Morgan fingerprint density at radius 1 is 2.00 bits per heavy atom. The number of rotatable bonds is 3. The van der Waals surface area contributed by atoms with Crippen LogP contribution in [0, 0.1) is 0 Å². The summed E-state index contributed by atoms with van der Waals surface area (Å²) in [5.74, 6) is 0. The predicted molar refractivity (Wildman–Crippen MR) is 29.6 cm³/mol. The quantitative estimate of drug-likeness (QED) is 0.303. The van der Waals surface area contributed by atoms with E-state index in [1.165, 1.54) is 0 Å². The third-order valence-electron chi connectivity index (χ3n) is 1.06. The highest BCUT2D eigenvalue weighted by Crippen LogP contribution is 2.16. The number of epoxide rings is 1. The fourth-order valence-corrected chi connectivity index (χ4v) is 0.526. The molecule has 8 heavy (non-hydrogen) atoms. The van der Waals surface area contributed by atoms with E-state index in [4.69, 9.17) is 4.74 Å². The van der Waals surface area contributed by atoms with Crippen LogP contribution in [-0.4, -0.2) is 19.0 Å². The molecule has 1 aliphatic heterocycles. The van der Waals surface area contributed by atoms with E-state index in [1.54, 1.807) is 0 Å². The molecule has 0 saturated carbocycles. The van der Waals surface area contributed by atoms with Crippen molar-refractivity contribution >= 4 is 6.29 Å². The summed E-state index contributed by atoms with van der Waals surface area (Å²) in [4.78, 5) is 9.91. The number of hydrogen-bond donors (Lipinski definition) is 0. The van der Waals surface area contributed by atoms with Crippen LogP contribution in [0.2, 0.25) is 0 Å². The lowest BCUT2D eigenvalue weighted by Gasteiger charge is -1.86. The molecule has 1 aliphatic rings. The van der Waals surface area contributed by atoms with Crippen molar-refractivity contribution in [1.82, 2.24) is 0 Å². The van der Waals surface area contributed by atoms with Gasteiger partial charge in [0.2, 0.25) is 0 Å². The first-order valence-electron chi connectivity index (χ1n) is 2.57. The summed E-state index contributed by atoms with van der Waals surface area (Å²) in [6.07, 6.45) is 1.79. The Balaban J connectivity index is 2.16. The number of carbonyl (C=O) groups excluding carboxylic acids is 1. The average molecular weight is 112 g/mol. The number of ether oxygens (including phenoxy) is 1. The highest BCUT2D eigenvalue weighted by molar-refractivity contribution is 5.72. The zero-order chi connectivity index (χ0) is 5.98. The summed E-state index contributed by atoms with van der Waals surface area (Å²) in [5, 5.41) is 0. The van der Waals surface area contributed by atoms with Crippen LogP contribution in [0.5, 0.6) is 0 Å². The van der Waals surface area contributed by atoms with Crippen molar-refractivity contribution in [3.05, 3.63) is 12.2 Å². The van der Waals surface area contributed by atoms with E-state index >= 15 is 0 Å². The molecule has 2 nitrogen and oxygen atoms in total. The van der Waals surface area contributed by atoms with E-state index in [1.807, 2.05) is 0 Å². The first kappa shape index (κ1) is 5.51. The van der Waals surface area contributed by atoms with E-state index < -0.39 is 0 Å². The molecule has 1 heterocycles. The molecular formula is C6H8O2. The van der Waals surface area contributed by atoms with E-state index in [2.05, 4.69) is 6.58 Å². The number of aldehydes is 1. The molecule has 1 rings (SSSR count). The number of carbonyl (C=O) groups is 1. The van der Waals surface area contributed by atoms with Gasteiger partial charge in [-0.25, -0.2) is 0 Å². The molecule has 1 unspecified atom stereocenters. The smallest absolute Gasteiger partial charge is 0.145 e. The third-order valence-corrected chi connectivity index (χ3v) is 1.06. The Morgan fingerprint density at radius 2 is 2.62 bits per heavy atom. The highest BCUT2D eigenvalue weighted by atomic mass is 16.6. The fraction of sp³-hybridized carbons (Fsp3) is 0.500. The van der Waals surface area contributed by atoms with Crippen LogP contribution >= 0.6 is 0 Å². The van der Waals surface area contributed by atoms with Gasteiger partial charge in [-0.15, -0.1) is 0 Å². The Morgan fingerprint density at radius 3 is 3.00 bits per heavy atom. The van der Waals surface area contributed by atoms with Crippen LogP contribution in [0.25, 0.3) is 0 Å². The van der Waals surface area contributed by atoms with Crippen molar-refractivity contribution in [2.45, 2.75) is 12.5 Å². The van der Waals surface area contributed by atoms with Crippen molar-refractivity contribution in [3.8, 4) is 0 Å².